The van der Waals surface area contributed by atoms with E-state index in [0.717, 1.165) is 41.9 Å². The topological polar surface area (TPSA) is 83.2 Å². The van der Waals surface area contributed by atoms with E-state index >= 15 is 0 Å². The number of alkyl carbamates (subject to hydrolysis) is 1. The largest absolute Gasteiger partial charge is 0.444 e. The number of rotatable bonds is 4. The third kappa shape index (κ3) is 4.86. The molecular weight excluding hydrogens is 402 g/mol. The molecule has 2 heterocycles. The summed E-state index contributed by atoms with van der Waals surface area (Å²) in [5, 5.41) is 12.6. The number of imidazole rings is 1. The molecule has 0 aliphatic carbocycles. The SMILES string of the molecule is CC(C)(C)OC(=O)N[C@H]1CCCN(c2nc3ccccc3n2Cc2ccccc2C#N)C1. The summed E-state index contributed by atoms with van der Waals surface area (Å²) in [7, 11) is 0. The normalized spacial score (nSPS) is 16.6. The first-order valence-corrected chi connectivity index (χ1v) is 11.0. The van der Waals surface area contributed by atoms with Gasteiger partial charge in [0.2, 0.25) is 5.95 Å². The second-order valence-corrected chi connectivity index (χ2v) is 9.19. The number of aromatic nitrogens is 2. The zero-order valence-electron chi connectivity index (χ0n) is 18.8. The number of ether oxygens (including phenoxy) is 1. The molecule has 166 valence electrons. The van der Waals surface area contributed by atoms with Crippen LogP contribution in [0.4, 0.5) is 10.7 Å². The van der Waals surface area contributed by atoms with Gasteiger partial charge in [0.05, 0.1) is 29.2 Å². The molecule has 1 aliphatic heterocycles. The van der Waals surface area contributed by atoms with Crippen LogP contribution in [0.15, 0.2) is 48.5 Å². The molecule has 0 saturated carbocycles. The third-order valence-corrected chi connectivity index (χ3v) is 5.53. The minimum atomic E-state index is -0.527. The predicted molar refractivity (Wildman–Crippen MR) is 125 cm³/mol. The van der Waals surface area contributed by atoms with E-state index in [-0.39, 0.29) is 12.1 Å². The fraction of sp³-hybridized carbons (Fsp3) is 0.400. The van der Waals surface area contributed by atoms with Crippen molar-refractivity contribution in [3.63, 3.8) is 0 Å². The number of para-hydroxylation sites is 2. The zero-order valence-corrected chi connectivity index (χ0v) is 18.8. The van der Waals surface area contributed by atoms with Crippen molar-refractivity contribution >= 4 is 23.1 Å². The number of hydrogen-bond acceptors (Lipinski definition) is 5. The molecule has 1 aliphatic rings. The van der Waals surface area contributed by atoms with E-state index in [9.17, 15) is 10.1 Å². The van der Waals surface area contributed by atoms with Crippen molar-refractivity contribution in [3.05, 3.63) is 59.7 Å². The first-order valence-electron chi connectivity index (χ1n) is 11.0. The number of carbonyl (C=O) groups excluding carboxylic acids is 1. The first-order chi connectivity index (χ1) is 15.3. The van der Waals surface area contributed by atoms with Crippen LogP contribution in [-0.4, -0.2) is 40.4 Å². The van der Waals surface area contributed by atoms with Crippen molar-refractivity contribution in [2.75, 3.05) is 18.0 Å². The van der Waals surface area contributed by atoms with E-state index in [2.05, 4.69) is 26.9 Å². The smallest absolute Gasteiger partial charge is 0.407 e. The molecule has 0 spiro atoms. The summed E-state index contributed by atoms with van der Waals surface area (Å²) >= 11 is 0. The highest BCUT2D eigenvalue weighted by Gasteiger charge is 2.27. The number of anilines is 1. The molecule has 0 unspecified atom stereocenters. The lowest BCUT2D eigenvalue weighted by Gasteiger charge is -2.34. The Balaban J connectivity index is 1.62. The van der Waals surface area contributed by atoms with E-state index in [1.165, 1.54) is 0 Å². The fourth-order valence-electron chi connectivity index (χ4n) is 4.15. The number of nitriles is 1. The van der Waals surface area contributed by atoms with Crippen molar-refractivity contribution in [3.8, 4) is 6.07 Å². The zero-order chi connectivity index (χ0) is 22.7. The summed E-state index contributed by atoms with van der Waals surface area (Å²) in [6, 6.07) is 18.0. The molecule has 0 bridgehead atoms. The molecular formula is C25H29N5O2. The molecule has 1 N–H and O–H groups in total. The Morgan fingerprint density at radius 3 is 2.75 bits per heavy atom. The highest BCUT2D eigenvalue weighted by atomic mass is 16.6. The van der Waals surface area contributed by atoms with Crippen LogP contribution >= 0.6 is 0 Å². The van der Waals surface area contributed by atoms with Crippen molar-refractivity contribution in [1.29, 1.82) is 5.26 Å². The van der Waals surface area contributed by atoms with Gasteiger partial charge >= 0.3 is 6.09 Å². The van der Waals surface area contributed by atoms with Crippen molar-refractivity contribution in [2.24, 2.45) is 0 Å². The Kier molecular flexibility index (Phi) is 6.04. The van der Waals surface area contributed by atoms with Crippen LogP contribution < -0.4 is 10.2 Å². The van der Waals surface area contributed by atoms with Crippen molar-refractivity contribution in [1.82, 2.24) is 14.9 Å². The molecule has 3 aromatic rings. The summed E-state index contributed by atoms with van der Waals surface area (Å²) in [5.74, 6) is 0.856. The van der Waals surface area contributed by atoms with Crippen LogP contribution in [0, 0.1) is 11.3 Å². The molecule has 1 saturated heterocycles. The molecule has 2 aromatic carbocycles. The maximum Gasteiger partial charge on any atom is 0.407 e. The lowest BCUT2D eigenvalue weighted by Crippen LogP contribution is -2.49. The van der Waals surface area contributed by atoms with Gasteiger partial charge in [-0.2, -0.15) is 5.26 Å². The van der Waals surface area contributed by atoms with Crippen molar-refractivity contribution < 1.29 is 9.53 Å². The number of carbonyl (C=O) groups is 1. The molecule has 1 aromatic heterocycles. The quantitative estimate of drug-likeness (QED) is 0.660. The monoisotopic (exact) mass is 431 g/mol. The number of benzene rings is 2. The summed E-state index contributed by atoms with van der Waals surface area (Å²) < 4.78 is 7.61. The Morgan fingerprint density at radius 2 is 1.97 bits per heavy atom. The van der Waals surface area contributed by atoms with E-state index in [4.69, 9.17) is 9.72 Å². The molecule has 1 amide bonds. The van der Waals surface area contributed by atoms with Crippen LogP contribution in [0.1, 0.15) is 44.7 Å². The van der Waals surface area contributed by atoms with Gasteiger partial charge in [-0.1, -0.05) is 30.3 Å². The number of piperidine rings is 1. The van der Waals surface area contributed by atoms with Crippen LogP contribution in [0.2, 0.25) is 0 Å². The van der Waals surface area contributed by atoms with Gasteiger partial charge in [-0.3, -0.25) is 0 Å². The highest BCUT2D eigenvalue weighted by Crippen LogP contribution is 2.27. The van der Waals surface area contributed by atoms with Crippen LogP contribution in [0.5, 0.6) is 0 Å². The lowest BCUT2D eigenvalue weighted by atomic mass is 10.1. The van der Waals surface area contributed by atoms with Gasteiger partial charge in [0.15, 0.2) is 0 Å². The molecule has 4 rings (SSSR count). The Labute approximate surface area is 188 Å². The van der Waals surface area contributed by atoms with Crippen LogP contribution in [0.3, 0.4) is 0 Å². The molecule has 7 heteroatoms. The average Bonchev–Trinajstić information content (AvgIpc) is 3.11. The summed E-state index contributed by atoms with van der Waals surface area (Å²) in [4.78, 5) is 19.4. The third-order valence-electron chi connectivity index (χ3n) is 5.53. The highest BCUT2D eigenvalue weighted by molar-refractivity contribution is 5.79. The molecule has 32 heavy (non-hydrogen) atoms. The maximum atomic E-state index is 12.3. The molecule has 0 radical (unpaired) electrons. The number of fused-ring (bicyclic) bond motifs is 1. The number of nitrogens with zero attached hydrogens (tertiary/aromatic N) is 4. The maximum absolute atomic E-state index is 12.3. The Morgan fingerprint density at radius 1 is 1.22 bits per heavy atom. The van der Waals surface area contributed by atoms with Gasteiger partial charge in [0.1, 0.15) is 5.60 Å². The van der Waals surface area contributed by atoms with Gasteiger partial charge in [-0.15, -0.1) is 0 Å². The molecule has 1 atom stereocenters. The minimum absolute atomic E-state index is 0.0155. The van der Waals surface area contributed by atoms with Gasteiger partial charge in [-0.25, -0.2) is 9.78 Å². The summed E-state index contributed by atoms with van der Waals surface area (Å²) in [6.07, 6.45) is 1.45. The lowest BCUT2D eigenvalue weighted by molar-refractivity contribution is 0.0500. The summed E-state index contributed by atoms with van der Waals surface area (Å²) in [5.41, 5.74) is 3.04. The van der Waals surface area contributed by atoms with E-state index in [0.29, 0.717) is 18.7 Å². The Hall–Kier alpha value is -3.53. The second-order valence-electron chi connectivity index (χ2n) is 9.19. The molecule has 1 fully saturated rings. The van der Waals surface area contributed by atoms with Crippen LogP contribution in [-0.2, 0) is 11.3 Å². The van der Waals surface area contributed by atoms with Gasteiger partial charge in [-0.05, 0) is 57.4 Å². The standard InChI is InChI=1S/C25H29N5O2/c1-25(2,3)32-24(31)27-20-11-8-14-29(17-20)23-28-21-12-6-7-13-22(21)30(23)16-19-10-5-4-9-18(19)15-26/h4-7,9-10,12-13,20H,8,11,14,16-17H2,1-3H3,(H,27,31)/t20-/m0/s1. The number of hydrogen-bond donors (Lipinski definition) is 1. The van der Waals surface area contributed by atoms with Crippen molar-refractivity contribution in [2.45, 2.75) is 51.8 Å². The van der Waals surface area contributed by atoms with E-state index in [1.807, 2.05) is 63.2 Å². The van der Waals surface area contributed by atoms with E-state index < -0.39 is 5.60 Å². The van der Waals surface area contributed by atoms with Gasteiger partial charge < -0.3 is 19.5 Å². The second kappa shape index (κ2) is 8.91. The minimum Gasteiger partial charge on any atom is -0.444 e. The predicted octanol–water partition coefficient (Wildman–Crippen LogP) is 4.45. The fourth-order valence-corrected chi connectivity index (χ4v) is 4.15. The van der Waals surface area contributed by atoms with Crippen LogP contribution in [0.25, 0.3) is 11.0 Å². The first kappa shape index (κ1) is 21.7. The summed E-state index contributed by atoms with van der Waals surface area (Å²) in [6.45, 7) is 7.65. The average molecular weight is 432 g/mol. The number of amides is 1. The van der Waals surface area contributed by atoms with Gasteiger partial charge in [0.25, 0.3) is 0 Å². The van der Waals surface area contributed by atoms with E-state index in [1.54, 1.807) is 0 Å². The molecule has 7 nitrogen and oxygen atoms in total. The van der Waals surface area contributed by atoms with Gasteiger partial charge in [0, 0.05) is 19.1 Å². The Bertz CT molecular complexity index is 1160. The number of nitrogens with one attached hydrogen (secondary N) is 1.